The highest BCUT2D eigenvalue weighted by Gasteiger charge is 2.71. The maximum atomic E-state index is 6.03. The van der Waals surface area contributed by atoms with Gasteiger partial charge in [-0.25, -0.2) is 4.98 Å². The van der Waals surface area contributed by atoms with Crippen molar-refractivity contribution in [1.82, 2.24) is 4.98 Å². The molecule has 4 nitrogen and oxygen atoms in total. The maximum absolute atomic E-state index is 6.03. The number of hydrogen-bond acceptors (Lipinski definition) is 4. The predicted molar refractivity (Wildman–Crippen MR) is 74.7 cm³/mol. The second-order valence-corrected chi connectivity index (χ2v) is 6.32. The zero-order valence-corrected chi connectivity index (χ0v) is 11.6. The van der Waals surface area contributed by atoms with Crippen molar-refractivity contribution in [1.29, 1.82) is 0 Å². The average molecular weight is 258 g/mol. The fraction of sp³-hybridized carbons (Fsp3) is 0.643. The number of nitrogens with zero attached hydrogens (tertiary/aromatic N) is 2. The van der Waals surface area contributed by atoms with Gasteiger partial charge in [-0.05, 0) is 38.8 Å². The van der Waals surface area contributed by atoms with E-state index in [2.05, 4.69) is 30.9 Å². The molecule has 0 amide bonds. The lowest BCUT2D eigenvalue weighted by Crippen LogP contribution is -2.38. The van der Waals surface area contributed by atoms with E-state index in [-0.39, 0.29) is 18.3 Å². The van der Waals surface area contributed by atoms with Crippen LogP contribution in [0.15, 0.2) is 18.2 Å². The summed E-state index contributed by atoms with van der Waals surface area (Å²) in [7, 11) is -0.300. The molecule has 2 atom stereocenters. The Morgan fingerprint density at radius 1 is 1.16 bits per heavy atom. The Hall–Kier alpha value is -1.07. The van der Waals surface area contributed by atoms with Gasteiger partial charge in [0.2, 0.25) is 0 Å². The van der Waals surface area contributed by atoms with Crippen LogP contribution < -0.4 is 10.5 Å². The Kier molecular flexibility index (Phi) is 2.31. The number of fused-ring (bicyclic) bond motifs is 1. The van der Waals surface area contributed by atoms with Gasteiger partial charge in [0.05, 0.1) is 16.8 Å². The lowest BCUT2D eigenvalue weighted by atomic mass is 9.84. The number of anilines is 1. The fourth-order valence-electron chi connectivity index (χ4n) is 3.24. The van der Waals surface area contributed by atoms with Crippen LogP contribution >= 0.6 is 0 Å². The third-order valence-electron chi connectivity index (χ3n) is 4.83. The molecule has 0 bridgehead atoms. The first-order chi connectivity index (χ1) is 9.10. The molecule has 19 heavy (non-hydrogen) atoms. The van der Waals surface area contributed by atoms with E-state index in [1.807, 2.05) is 6.07 Å². The van der Waals surface area contributed by atoms with Crippen LogP contribution in [-0.4, -0.2) is 36.4 Å². The Balaban J connectivity index is 1.57. The van der Waals surface area contributed by atoms with E-state index in [1.54, 1.807) is 0 Å². The molecule has 2 saturated heterocycles. The average Bonchev–Trinajstić information content (AvgIpc) is 2.82. The number of rotatable bonds is 2. The van der Waals surface area contributed by atoms with Crippen LogP contribution in [0.2, 0.25) is 0 Å². The minimum atomic E-state index is -0.300. The van der Waals surface area contributed by atoms with Crippen molar-refractivity contribution in [2.45, 2.75) is 44.3 Å². The van der Waals surface area contributed by atoms with Gasteiger partial charge in [0, 0.05) is 19.5 Å². The van der Waals surface area contributed by atoms with Gasteiger partial charge < -0.3 is 14.2 Å². The lowest BCUT2D eigenvalue weighted by Gasteiger charge is -2.18. The number of hydrogen-bond donors (Lipinski definition) is 0. The van der Waals surface area contributed by atoms with E-state index < -0.39 is 0 Å². The molecule has 3 fully saturated rings. The van der Waals surface area contributed by atoms with E-state index in [1.165, 1.54) is 12.8 Å². The molecule has 4 rings (SSSR count). The molecule has 0 spiro atoms. The highest BCUT2D eigenvalue weighted by atomic mass is 16.7. The fourth-order valence-corrected chi connectivity index (χ4v) is 3.24. The molecule has 0 N–H and O–H groups in total. The normalized spacial score (nSPS) is 36.7. The molecule has 2 unspecified atom stereocenters. The molecule has 2 aliphatic heterocycles. The Morgan fingerprint density at radius 3 is 2.53 bits per heavy atom. The SMILES string of the molecule is CC12CC1(C)OB(c1cccc(N3CCCC3)n1)O2. The highest BCUT2D eigenvalue weighted by molar-refractivity contribution is 6.61. The topological polar surface area (TPSA) is 34.6 Å². The first-order valence-corrected chi connectivity index (χ1v) is 7.17. The van der Waals surface area contributed by atoms with E-state index in [4.69, 9.17) is 14.3 Å². The van der Waals surface area contributed by atoms with Crippen molar-refractivity contribution < 1.29 is 9.31 Å². The van der Waals surface area contributed by atoms with Crippen LogP contribution in [0.5, 0.6) is 0 Å². The summed E-state index contributed by atoms with van der Waals surface area (Å²) in [5.41, 5.74) is 0.686. The molecule has 1 saturated carbocycles. The number of pyridine rings is 1. The molecule has 1 aliphatic carbocycles. The van der Waals surface area contributed by atoms with Gasteiger partial charge >= 0.3 is 7.12 Å². The van der Waals surface area contributed by atoms with Crippen LogP contribution in [0.25, 0.3) is 0 Å². The summed E-state index contributed by atoms with van der Waals surface area (Å²) < 4.78 is 12.1. The molecule has 1 aromatic rings. The summed E-state index contributed by atoms with van der Waals surface area (Å²) in [5, 5.41) is 0. The van der Waals surface area contributed by atoms with Crippen molar-refractivity contribution in [3.8, 4) is 0 Å². The van der Waals surface area contributed by atoms with Crippen LogP contribution in [-0.2, 0) is 9.31 Å². The zero-order valence-electron chi connectivity index (χ0n) is 11.6. The van der Waals surface area contributed by atoms with E-state index in [0.29, 0.717) is 0 Å². The van der Waals surface area contributed by atoms with Gasteiger partial charge in [-0.3, -0.25) is 0 Å². The van der Waals surface area contributed by atoms with Crippen LogP contribution in [0, 0.1) is 0 Å². The third-order valence-corrected chi connectivity index (χ3v) is 4.83. The molecule has 1 aromatic heterocycles. The largest absolute Gasteiger partial charge is 0.514 e. The molecular weight excluding hydrogens is 239 g/mol. The molecule has 0 aromatic carbocycles. The maximum Gasteiger partial charge on any atom is 0.514 e. The molecule has 3 heterocycles. The van der Waals surface area contributed by atoms with Crippen molar-refractivity contribution >= 4 is 18.5 Å². The van der Waals surface area contributed by atoms with Crippen molar-refractivity contribution in [3.63, 3.8) is 0 Å². The molecule has 0 radical (unpaired) electrons. The standard InChI is InChI=1S/C14H19BN2O2/c1-13-10-14(13,2)19-15(18-13)11-6-5-7-12(16-11)17-8-3-4-9-17/h5-7H,3-4,8-10H2,1-2H3. The summed E-state index contributed by atoms with van der Waals surface area (Å²) >= 11 is 0. The monoisotopic (exact) mass is 258 g/mol. The minimum Gasteiger partial charge on any atom is -0.398 e. The summed E-state index contributed by atoms with van der Waals surface area (Å²) in [6.45, 7) is 6.46. The summed E-state index contributed by atoms with van der Waals surface area (Å²) in [4.78, 5) is 7.07. The Morgan fingerprint density at radius 2 is 1.84 bits per heavy atom. The second kappa shape index (κ2) is 3.73. The van der Waals surface area contributed by atoms with E-state index in [0.717, 1.165) is 30.9 Å². The molecular formula is C14H19BN2O2. The first-order valence-electron chi connectivity index (χ1n) is 7.17. The summed E-state index contributed by atoms with van der Waals surface area (Å²) in [5.74, 6) is 1.05. The Labute approximate surface area is 114 Å². The predicted octanol–water partition coefficient (Wildman–Crippen LogP) is 1.34. The molecule has 100 valence electrons. The van der Waals surface area contributed by atoms with Gasteiger partial charge in [0.1, 0.15) is 5.82 Å². The van der Waals surface area contributed by atoms with Crippen LogP contribution in [0.3, 0.4) is 0 Å². The van der Waals surface area contributed by atoms with E-state index >= 15 is 0 Å². The quantitative estimate of drug-likeness (QED) is 0.750. The van der Waals surface area contributed by atoms with Crippen LogP contribution in [0.1, 0.15) is 33.1 Å². The minimum absolute atomic E-state index is 0.108. The van der Waals surface area contributed by atoms with Crippen molar-refractivity contribution in [3.05, 3.63) is 18.2 Å². The van der Waals surface area contributed by atoms with Gasteiger partial charge in [-0.1, -0.05) is 6.07 Å². The second-order valence-electron chi connectivity index (χ2n) is 6.32. The number of aromatic nitrogens is 1. The third kappa shape index (κ3) is 1.71. The Bertz CT molecular complexity index is 504. The van der Waals surface area contributed by atoms with Crippen LogP contribution in [0.4, 0.5) is 5.82 Å². The lowest BCUT2D eigenvalue weighted by molar-refractivity contribution is 0.187. The molecule has 5 heteroatoms. The van der Waals surface area contributed by atoms with Gasteiger partial charge in [-0.2, -0.15) is 0 Å². The van der Waals surface area contributed by atoms with Gasteiger partial charge in [0.15, 0.2) is 0 Å². The smallest absolute Gasteiger partial charge is 0.398 e. The van der Waals surface area contributed by atoms with Gasteiger partial charge in [0.25, 0.3) is 0 Å². The zero-order chi connectivity index (χ0) is 13.1. The molecule has 3 aliphatic rings. The van der Waals surface area contributed by atoms with E-state index in [9.17, 15) is 0 Å². The summed E-state index contributed by atoms with van der Waals surface area (Å²) in [6, 6.07) is 6.13. The van der Waals surface area contributed by atoms with Crippen molar-refractivity contribution in [2.75, 3.05) is 18.0 Å². The summed E-state index contributed by atoms with van der Waals surface area (Å²) in [6.07, 6.45) is 3.51. The van der Waals surface area contributed by atoms with Crippen molar-refractivity contribution in [2.24, 2.45) is 0 Å². The van der Waals surface area contributed by atoms with Gasteiger partial charge in [-0.15, -0.1) is 0 Å². The highest BCUT2D eigenvalue weighted by Crippen LogP contribution is 2.58. The first kappa shape index (κ1) is 11.7.